The van der Waals surface area contributed by atoms with Crippen molar-refractivity contribution in [2.45, 2.75) is 187 Å². The molecule has 6 amide bonds. The number of carbonyl (C=O) groups excluding carboxylic acids is 8. The maximum atomic E-state index is 15.2. The number of esters is 1. The maximum absolute atomic E-state index is 15.2. The minimum Gasteiger partial charge on any atom is -0.458 e. The van der Waals surface area contributed by atoms with Gasteiger partial charge in [-0.15, -0.1) is 0 Å². The van der Waals surface area contributed by atoms with Crippen molar-refractivity contribution in [3.8, 4) is 0 Å². The number of likely N-dealkylation sites (N-methyl/N-ethyl adjacent to an activating group) is 1. The summed E-state index contributed by atoms with van der Waals surface area (Å²) in [7, 11) is 1.28. The molecule has 4 heterocycles. The number of nitrogens with one attached hydrogen (secondary N) is 4. The Morgan fingerprint density at radius 1 is 0.899 bits per heavy atom. The van der Waals surface area contributed by atoms with Crippen LogP contribution in [0.25, 0.3) is 0 Å². The van der Waals surface area contributed by atoms with Crippen LogP contribution in [0.2, 0.25) is 0 Å². The maximum Gasteiger partial charge on any atom is 0.331 e. The summed E-state index contributed by atoms with van der Waals surface area (Å²) in [4.78, 5) is 114. The van der Waals surface area contributed by atoms with Crippen molar-refractivity contribution >= 4 is 47.2 Å². The smallest absolute Gasteiger partial charge is 0.331 e. The van der Waals surface area contributed by atoms with Crippen LogP contribution in [0.1, 0.15) is 121 Å². The molecule has 0 aromatic heterocycles. The third-order valence-corrected chi connectivity index (χ3v) is 14.1. The molecule has 4 saturated heterocycles. The van der Waals surface area contributed by atoms with E-state index in [0.717, 1.165) is 14.9 Å². The summed E-state index contributed by atoms with van der Waals surface area (Å²) >= 11 is 0. The molecule has 22 nitrogen and oxygen atoms in total. The second kappa shape index (κ2) is 23.4. The van der Waals surface area contributed by atoms with Gasteiger partial charge in [0.25, 0.3) is 23.6 Å². The molecule has 0 unspecified atom stereocenters. The van der Waals surface area contributed by atoms with Crippen molar-refractivity contribution in [1.82, 2.24) is 41.5 Å². The van der Waals surface area contributed by atoms with E-state index in [-0.39, 0.29) is 62.0 Å². The van der Waals surface area contributed by atoms with Crippen LogP contribution in [0.3, 0.4) is 0 Å². The number of Topliss-reactive ketones (excluding diaryl/α,β-unsaturated/α-hetero) is 1. The van der Waals surface area contributed by atoms with Gasteiger partial charge in [-0.2, -0.15) is 0 Å². The Labute approximate surface area is 404 Å². The van der Waals surface area contributed by atoms with Crippen LogP contribution in [-0.2, 0) is 47.8 Å². The van der Waals surface area contributed by atoms with E-state index in [4.69, 9.17) is 9.47 Å². The molecule has 0 aromatic rings. The van der Waals surface area contributed by atoms with Gasteiger partial charge in [0.05, 0.1) is 12.2 Å². The standard InChI is InChI=1S/C47H76N8O14/c1-13-25(5)36(57)27(7)23-28(8)38-26(6)19-20-47(66,69-38)46(65,14-2)45(64)51-35-37(24(3)4)68-44(63)34(31(11)56)50-39(58)32-17-15-21-48-53(32)41(60)29(9)52(12)40(59)30(10)55(67)42(61)33-18-16-22-49-54(33)43(35)62/h13,23-24,26-27,29-35,37-38,48-49,56,65-67H,14-22H2,1-12H3,(H,50,58)(H,51,64)/b25-13+,28-23+/t26-,27-,29-,30+,31+,32+,33+,34+,35-,37-,38-,46-,47+/m1/s1. The zero-order chi connectivity index (χ0) is 52.0. The molecule has 4 aliphatic rings. The highest BCUT2D eigenvalue weighted by molar-refractivity contribution is 5.98. The number of fused-ring (bicyclic) bond motifs is 2. The van der Waals surface area contributed by atoms with Crippen molar-refractivity contribution in [2.75, 3.05) is 20.1 Å². The number of nitrogens with zero attached hydrogens (tertiary/aromatic N) is 4. The third-order valence-electron chi connectivity index (χ3n) is 14.1. The lowest BCUT2D eigenvalue weighted by Gasteiger charge is -2.49. The van der Waals surface area contributed by atoms with Gasteiger partial charge >= 0.3 is 5.97 Å². The monoisotopic (exact) mass is 977 g/mol. The van der Waals surface area contributed by atoms with Crippen LogP contribution in [0.15, 0.2) is 23.3 Å². The Morgan fingerprint density at radius 2 is 1.48 bits per heavy atom. The highest BCUT2D eigenvalue weighted by atomic mass is 16.7. The molecule has 388 valence electrons. The number of aliphatic hydroxyl groups is 3. The minimum atomic E-state index is -2.80. The fourth-order valence-corrected chi connectivity index (χ4v) is 9.32. The molecule has 0 saturated carbocycles. The predicted octanol–water partition coefficient (Wildman–Crippen LogP) is 0.125. The van der Waals surface area contributed by atoms with Crippen molar-refractivity contribution in [1.29, 1.82) is 0 Å². The molecule has 0 aromatic carbocycles. The summed E-state index contributed by atoms with van der Waals surface area (Å²) in [5, 5.41) is 54.1. The average Bonchev–Trinajstić information content (AvgIpc) is 3.33. The molecule has 0 radical (unpaired) electrons. The van der Waals surface area contributed by atoms with Gasteiger partial charge in [0.1, 0.15) is 36.3 Å². The van der Waals surface area contributed by atoms with Gasteiger partial charge in [-0.3, -0.25) is 48.8 Å². The first-order valence-electron chi connectivity index (χ1n) is 24.1. The second-order valence-electron chi connectivity index (χ2n) is 19.4. The van der Waals surface area contributed by atoms with Gasteiger partial charge in [0.15, 0.2) is 17.4 Å². The van der Waals surface area contributed by atoms with Crippen molar-refractivity contribution in [3.63, 3.8) is 0 Å². The van der Waals surface area contributed by atoms with E-state index in [1.807, 2.05) is 6.92 Å². The Morgan fingerprint density at radius 3 is 2.03 bits per heavy atom. The third kappa shape index (κ3) is 12.0. The molecule has 0 aliphatic carbocycles. The van der Waals surface area contributed by atoms with Crippen molar-refractivity contribution < 1.29 is 68.4 Å². The largest absolute Gasteiger partial charge is 0.458 e. The van der Waals surface area contributed by atoms with Crippen LogP contribution in [0, 0.1) is 17.8 Å². The highest BCUT2D eigenvalue weighted by Crippen LogP contribution is 2.42. The fraction of sp³-hybridized carbons (Fsp3) is 0.745. The summed E-state index contributed by atoms with van der Waals surface area (Å²) in [6.45, 7) is 17.4. The topological polar surface area (TPSA) is 297 Å². The van der Waals surface area contributed by atoms with Gasteiger partial charge in [0, 0.05) is 32.5 Å². The summed E-state index contributed by atoms with van der Waals surface area (Å²) < 4.78 is 12.3. The summed E-state index contributed by atoms with van der Waals surface area (Å²) in [5.41, 5.74) is 4.01. The first-order chi connectivity index (χ1) is 32.2. The van der Waals surface area contributed by atoms with Gasteiger partial charge in [-0.25, -0.2) is 20.7 Å². The van der Waals surface area contributed by atoms with Crippen molar-refractivity contribution in [3.05, 3.63) is 23.3 Å². The number of amides is 6. The van der Waals surface area contributed by atoms with E-state index in [1.165, 1.54) is 48.6 Å². The van der Waals surface area contributed by atoms with Crippen LogP contribution in [0.5, 0.6) is 0 Å². The molecule has 0 bridgehead atoms. The number of hydrogen-bond acceptors (Lipinski definition) is 16. The van der Waals surface area contributed by atoms with Crippen LogP contribution in [-0.4, -0.2) is 174 Å². The summed E-state index contributed by atoms with van der Waals surface area (Å²) in [6.07, 6.45) is -0.537. The Bertz CT molecular complexity index is 2010. The minimum absolute atomic E-state index is 0.0668. The number of rotatable bonds is 10. The van der Waals surface area contributed by atoms with E-state index in [1.54, 1.807) is 39.8 Å². The van der Waals surface area contributed by atoms with Crippen LogP contribution in [0.4, 0.5) is 0 Å². The number of carbonyl (C=O) groups is 8. The number of cyclic esters (lactones) is 1. The Hall–Kier alpha value is -4.84. The zero-order valence-electron chi connectivity index (χ0n) is 42.1. The Balaban J connectivity index is 1.85. The van der Waals surface area contributed by atoms with E-state index >= 15 is 4.79 Å². The number of aliphatic hydroxyl groups excluding tert-OH is 1. The molecule has 22 heteroatoms. The van der Waals surface area contributed by atoms with Gasteiger partial charge < -0.3 is 40.3 Å². The summed E-state index contributed by atoms with van der Waals surface area (Å²) in [5.74, 6) is -11.7. The van der Waals surface area contributed by atoms with E-state index in [9.17, 15) is 54.1 Å². The lowest BCUT2D eigenvalue weighted by molar-refractivity contribution is -0.325. The molecule has 4 rings (SSSR count). The zero-order valence-corrected chi connectivity index (χ0v) is 42.1. The molecule has 0 spiro atoms. The predicted molar refractivity (Wildman–Crippen MR) is 247 cm³/mol. The number of ketones is 1. The van der Waals surface area contributed by atoms with Gasteiger partial charge in [-0.1, -0.05) is 46.8 Å². The number of allylic oxidation sites excluding steroid dienone is 3. The van der Waals surface area contributed by atoms with Crippen LogP contribution >= 0.6 is 0 Å². The fourth-order valence-electron chi connectivity index (χ4n) is 9.32. The first kappa shape index (κ1) is 56.7. The van der Waals surface area contributed by atoms with Crippen molar-refractivity contribution in [2.24, 2.45) is 17.8 Å². The highest BCUT2D eigenvalue weighted by Gasteiger charge is 2.59. The SMILES string of the molecule is C/C=C(\C)C(=O)[C@H](C)/C=C(\C)[C@@H]1O[C@](O)([C@@](O)(CC)C(=O)N[C@H]2C(=O)N3NCCC[C@H]3C(=O)N(O)[C@@H](C)C(=O)N(C)[C@H](C)C(=O)N3NCCC[C@H]3C(=O)N[C@@H]([C@H](C)O)C(=O)O[C@@H]2C(C)C)CC[C@H]1C. The lowest BCUT2D eigenvalue weighted by Crippen LogP contribution is -2.71. The van der Waals surface area contributed by atoms with E-state index in [0.29, 0.717) is 17.6 Å². The number of ether oxygens (including phenoxy) is 2. The quantitative estimate of drug-likeness (QED) is 0.0625. The molecule has 13 atom stereocenters. The second-order valence-corrected chi connectivity index (χ2v) is 19.4. The molecule has 69 heavy (non-hydrogen) atoms. The molecule has 4 aliphatic heterocycles. The molecule has 4 fully saturated rings. The normalized spacial score (nSPS) is 33.0. The molecular formula is C47H76N8O14. The summed E-state index contributed by atoms with van der Waals surface area (Å²) in [6, 6.07) is -9.46. The molecular weight excluding hydrogens is 901 g/mol. The number of hydroxylamine groups is 2. The average molecular weight is 977 g/mol. The van der Waals surface area contributed by atoms with E-state index < -0.39 is 126 Å². The van der Waals surface area contributed by atoms with Crippen LogP contribution < -0.4 is 21.5 Å². The van der Waals surface area contributed by atoms with Gasteiger partial charge in [-0.05, 0) is 103 Å². The Kier molecular flexibility index (Phi) is 19.2. The number of hydrogen-bond donors (Lipinski definition) is 8. The first-order valence-corrected chi connectivity index (χ1v) is 24.1. The lowest BCUT2D eigenvalue weighted by atomic mass is 9.78. The van der Waals surface area contributed by atoms with E-state index in [2.05, 4.69) is 21.5 Å². The van der Waals surface area contributed by atoms with Gasteiger partial charge in [0.2, 0.25) is 17.6 Å². The number of hydrazine groups is 2. The molecule has 8 N–H and O–H groups in total.